The second-order valence-corrected chi connectivity index (χ2v) is 9.55. The third kappa shape index (κ3) is 5.66. The van der Waals surface area contributed by atoms with Crippen LogP contribution < -0.4 is 4.72 Å². The minimum Gasteiger partial charge on any atom is -0.265 e. The van der Waals surface area contributed by atoms with E-state index >= 15 is 0 Å². The van der Waals surface area contributed by atoms with Gasteiger partial charge in [0.1, 0.15) is 5.02 Å². The van der Waals surface area contributed by atoms with E-state index in [9.17, 15) is 8.42 Å². The molecule has 5 nitrogen and oxygen atoms in total. The lowest BCUT2D eigenvalue weighted by atomic mass is 10.1. The molecule has 3 rings (SSSR count). The van der Waals surface area contributed by atoms with E-state index in [4.69, 9.17) is 34.8 Å². The fraction of sp³-hybridized carbons (Fsp3) is 0.250. The molecule has 0 spiro atoms. The number of aromatic nitrogens is 2. The van der Waals surface area contributed by atoms with Crippen LogP contribution in [0, 0.1) is 0 Å². The van der Waals surface area contributed by atoms with Gasteiger partial charge in [0.2, 0.25) is 0 Å². The monoisotopic (exact) mass is 471 g/mol. The summed E-state index contributed by atoms with van der Waals surface area (Å²) in [5, 5.41) is 5.46. The number of nitrogens with one attached hydrogen (secondary N) is 1. The van der Waals surface area contributed by atoms with E-state index in [0.29, 0.717) is 16.6 Å². The van der Waals surface area contributed by atoms with Crippen LogP contribution in [0.2, 0.25) is 15.1 Å². The molecule has 0 radical (unpaired) electrons. The Labute approximate surface area is 185 Å². The summed E-state index contributed by atoms with van der Waals surface area (Å²) in [6.45, 7) is 2.44. The van der Waals surface area contributed by atoms with E-state index in [1.54, 1.807) is 30.3 Å². The van der Waals surface area contributed by atoms with Crippen LogP contribution in [0.15, 0.2) is 53.6 Å². The normalized spacial score (nSPS) is 11.6. The van der Waals surface area contributed by atoms with Gasteiger partial charge in [0, 0.05) is 16.2 Å². The number of benzene rings is 2. The quantitative estimate of drug-likeness (QED) is 0.435. The fourth-order valence-electron chi connectivity index (χ4n) is 2.77. The second-order valence-electron chi connectivity index (χ2n) is 6.61. The molecule has 0 bridgehead atoms. The third-order valence-corrected chi connectivity index (χ3v) is 6.57. The highest BCUT2D eigenvalue weighted by Crippen LogP contribution is 2.26. The number of hydrogen-bond acceptors (Lipinski definition) is 3. The first kappa shape index (κ1) is 22.0. The van der Waals surface area contributed by atoms with Crippen molar-refractivity contribution >= 4 is 50.6 Å². The molecule has 0 aliphatic carbocycles. The molecule has 0 fully saturated rings. The molecule has 0 unspecified atom stereocenters. The summed E-state index contributed by atoms with van der Waals surface area (Å²) in [6.07, 6.45) is 4.62. The van der Waals surface area contributed by atoms with Crippen molar-refractivity contribution in [2.45, 2.75) is 37.6 Å². The Bertz CT molecular complexity index is 1100. The highest BCUT2D eigenvalue weighted by molar-refractivity contribution is 7.92. The average Bonchev–Trinajstić information content (AvgIpc) is 3.01. The molecule has 9 heteroatoms. The zero-order valence-electron chi connectivity index (χ0n) is 15.7. The van der Waals surface area contributed by atoms with Gasteiger partial charge in [-0.2, -0.15) is 5.10 Å². The lowest BCUT2D eigenvalue weighted by Gasteiger charge is -2.08. The largest absolute Gasteiger partial charge is 0.265 e. The Balaban J connectivity index is 1.75. The van der Waals surface area contributed by atoms with Crippen molar-refractivity contribution in [3.05, 3.63) is 74.9 Å². The Morgan fingerprint density at radius 1 is 1.03 bits per heavy atom. The molecule has 0 saturated carbocycles. The van der Waals surface area contributed by atoms with Gasteiger partial charge in [-0.05, 0) is 48.2 Å². The van der Waals surface area contributed by atoms with Gasteiger partial charge in [0.25, 0.3) is 10.0 Å². The Morgan fingerprint density at radius 2 is 1.76 bits per heavy atom. The summed E-state index contributed by atoms with van der Waals surface area (Å²) in [5.74, 6) is 0.0619. The topological polar surface area (TPSA) is 64.0 Å². The summed E-state index contributed by atoms with van der Waals surface area (Å²) >= 11 is 18.3. The van der Waals surface area contributed by atoms with Crippen molar-refractivity contribution in [1.82, 2.24) is 9.78 Å². The molecule has 1 N–H and O–H groups in total. The zero-order chi connectivity index (χ0) is 21.0. The Kier molecular flexibility index (Phi) is 7.11. The van der Waals surface area contributed by atoms with Crippen molar-refractivity contribution in [3.8, 4) is 0 Å². The lowest BCUT2D eigenvalue weighted by Crippen LogP contribution is -2.14. The summed E-state index contributed by atoms with van der Waals surface area (Å²) < 4.78 is 29.3. The van der Waals surface area contributed by atoms with Crippen LogP contribution in [0.5, 0.6) is 0 Å². The summed E-state index contributed by atoms with van der Waals surface area (Å²) in [7, 11) is -3.80. The molecule has 0 saturated heterocycles. The molecule has 0 aliphatic rings. The predicted molar refractivity (Wildman–Crippen MR) is 119 cm³/mol. The van der Waals surface area contributed by atoms with Crippen molar-refractivity contribution in [1.29, 1.82) is 0 Å². The molecule has 1 aromatic heterocycles. The first-order valence-corrected chi connectivity index (χ1v) is 11.7. The molecule has 0 atom stereocenters. The first-order chi connectivity index (χ1) is 13.8. The van der Waals surface area contributed by atoms with Crippen molar-refractivity contribution in [2.24, 2.45) is 0 Å². The number of rotatable bonds is 8. The Hall–Kier alpha value is -1.73. The zero-order valence-corrected chi connectivity index (χ0v) is 18.8. The van der Waals surface area contributed by atoms with E-state index in [1.807, 2.05) is 12.1 Å². The van der Waals surface area contributed by atoms with Crippen molar-refractivity contribution in [3.63, 3.8) is 0 Å². The SMILES string of the molecule is CCCCc1ccc(S(=O)(=O)Nc2nn(Cc3ccc(Cl)cc3Cl)cc2Cl)cc1. The number of aryl methyl sites for hydroxylation is 1. The number of anilines is 1. The number of unbranched alkanes of at least 4 members (excludes halogenated alkanes) is 1. The van der Waals surface area contributed by atoms with E-state index in [1.165, 1.54) is 10.9 Å². The van der Waals surface area contributed by atoms with E-state index in [0.717, 1.165) is 30.4 Å². The van der Waals surface area contributed by atoms with E-state index in [2.05, 4.69) is 16.7 Å². The molecular weight excluding hydrogens is 453 g/mol. The van der Waals surface area contributed by atoms with Gasteiger partial charge in [-0.1, -0.05) is 66.3 Å². The fourth-order valence-corrected chi connectivity index (χ4v) is 4.51. The lowest BCUT2D eigenvalue weighted by molar-refractivity contribution is 0.600. The van der Waals surface area contributed by atoms with Crippen LogP contribution in [0.4, 0.5) is 5.82 Å². The van der Waals surface area contributed by atoms with Crippen LogP contribution in [0.3, 0.4) is 0 Å². The van der Waals surface area contributed by atoms with Crippen molar-refractivity contribution < 1.29 is 8.42 Å². The van der Waals surface area contributed by atoms with Gasteiger partial charge >= 0.3 is 0 Å². The average molecular weight is 473 g/mol. The molecule has 2 aromatic carbocycles. The van der Waals surface area contributed by atoms with Crippen LogP contribution in [0.1, 0.15) is 30.9 Å². The number of sulfonamides is 1. The number of hydrogen-bond donors (Lipinski definition) is 1. The maximum atomic E-state index is 12.7. The number of halogens is 3. The summed E-state index contributed by atoms with van der Waals surface area (Å²) in [6, 6.07) is 12.0. The second kappa shape index (κ2) is 9.39. The molecule has 29 heavy (non-hydrogen) atoms. The molecule has 1 heterocycles. The van der Waals surface area contributed by atoms with Gasteiger partial charge in [-0.3, -0.25) is 9.40 Å². The predicted octanol–water partition coefficient (Wildman–Crippen LogP) is 6.04. The third-order valence-electron chi connectivity index (χ3n) is 4.35. The summed E-state index contributed by atoms with van der Waals surface area (Å²) in [4.78, 5) is 0.157. The van der Waals surface area contributed by atoms with Gasteiger partial charge in [0.15, 0.2) is 5.82 Å². The van der Waals surface area contributed by atoms with Gasteiger partial charge in [0.05, 0.1) is 11.4 Å². The highest BCUT2D eigenvalue weighted by atomic mass is 35.5. The van der Waals surface area contributed by atoms with E-state index in [-0.39, 0.29) is 15.7 Å². The smallest absolute Gasteiger partial charge is 0.263 e. The Morgan fingerprint density at radius 3 is 2.41 bits per heavy atom. The maximum Gasteiger partial charge on any atom is 0.263 e. The van der Waals surface area contributed by atoms with Gasteiger partial charge in [-0.25, -0.2) is 8.42 Å². The molecule has 3 aromatic rings. The van der Waals surface area contributed by atoms with Crippen LogP contribution in [-0.4, -0.2) is 18.2 Å². The van der Waals surface area contributed by atoms with E-state index < -0.39 is 10.0 Å². The first-order valence-electron chi connectivity index (χ1n) is 9.07. The highest BCUT2D eigenvalue weighted by Gasteiger charge is 2.18. The standard InChI is InChI=1S/C20H20Cl3N3O2S/c1-2-3-4-14-5-9-17(10-6-14)29(27,28)25-20-19(23)13-26(24-20)12-15-7-8-16(21)11-18(15)22/h5-11,13H,2-4,12H2,1H3,(H,24,25). The summed E-state index contributed by atoms with van der Waals surface area (Å²) in [5.41, 5.74) is 1.89. The van der Waals surface area contributed by atoms with Gasteiger partial charge < -0.3 is 0 Å². The van der Waals surface area contributed by atoms with Crippen LogP contribution in [-0.2, 0) is 23.0 Å². The van der Waals surface area contributed by atoms with Crippen molar-refractivity contribution in [2.75, 3.05) is 4.72 Å². The molecule has 0 aliphatic heterocycles. The number of nitrogens with zero attached hydrogens (tertiary/aromatic N) is 2. The molecule has 154 valence electrons. The van der Waals surface area contributed by atoms with Crippen LogP contribution in [0.25, 0.3) is 0 Å². The molecular formula is C20H20Cl3N3O2S. The maximum absolute atomic E-state index is 12.7. The minimum atomic E-state index is -3.80. The van der Waals surface area contributed by atoms with Gasteiger partial charge in [-0.15, -0.1) is 0 Å². The molecule has 0 amide bonds. The minimum absolute atomic E-state index is 0.0619. The van der Waals surface area contributed by atoms with Crippen LogP contribution >= 0.6 is 34.8 Å².